The number of fused-ring (bicyclic) bond motifs is 1. The van der Waals surface area contributed by atoms with E-state index in [4.69, 9.17) is 0 Å². The Labute approximate surface area is 163 Å². The van der Waals surface area contributed by atoms with Gasteiger partial charge in [-0.1, -0.05) is 30.3 Å². The maximum absolute atomic E-state index is 13.1. The first-order valence-electron chi connectivity index (χ1n) is 9.61. The lowest BCUT2D eigenvalue weighted by molar-refractivity contribution is 0.0758. The van der Waals surface area contributed by atoms with Gasteiger partial charge < -0.3 is 19.7 Å². The second kappa shape index (κ2) is 6.15. The summed E-state index contributed by atoms with van der Waals surface area (Å²) in [5.41, 5.74) is 1.79. The van der Waals surface area contributed by atoms with Gasteiger partial charge in [-0.3, -0.25) is 4.79 Å². The number of rotatable bonds is 3. The number of aliphatic hydroxyl groups is 2. The van der Waals surface area contributed by atoms with Crippen LogP contribution in [-0.2, 0) is 7.05 Å². The number of β-amino-alcohol motifs (C(OH)–C–C–N with tert-alkyl or cyclic N) is 1. The monoisotopic (exact) mass is 377 g/mol. The number of aliphatic hydroxyl groups excluding tert-OH is 2. The standard InChI is InChI=1S/C22H23N3O3/c1-24-10-9-15-7-8-17(23-20(15)24)21(28)25-11-18(27)22(13-25)16(12-26)19(22)14-5-3-2-4-6-14/h2-10,16,18-19,26-27H,11-13H2,1H3/t16-,18-,19-,22-/m1/s1. The van der Waals surface area contributed by atoms with E-state index in [-0.39, 0.29) is 30.9 Å². The first-order chi connectivity index (χ1) is 13.6. The van der Waals surface area contributed by atoms with Gasteiger partial charge in [-0.05, 0) is 35.6 Å². The van der Waals surface area contributed by atoms with Gasteiger partial charge in [0.2, 0.25) is 0 Å². The fraction of sp³-hybridized carbons (Fsp3) is 0.364. The van der Waals surface area contributed by atoms with Crippen LogP contribution in [0.2, 0.25) is 0 Å². The van der Waals surface area contributed by atoms with Crippen molar-refractivity contribution in [2.75, 3.05) is 19.7 Å². The molecule has 5 rings (SSSR count). The van der Waals surface area contributed by atoms with Gasteiger partial charge in [-0.2, -0.15) is 0 Å². The summed E-state index contributed by atoms with van der Waals surface area (Å²) in [6.07, 6.45) is 1.26. The number of carbonyl (C=O) groups excluding carboxylic acids is 1. The van der Waals surface area contributed by atoms with E-state index in [1.165, 1.54) is 0 Å². The third-order valence-corrected chi connectivity index (χ3v) is 6.62. The number of amides is 1. The molecule has 1 saturated carbocycles. The van der Waals surface area contributed by atoms with Crippen molar-refractivity contribution in [3.05, 3.63) is 66.0 Å². The summed E-state index contributed by atoms with van der Waals surface area (Å²) >= 11 is 0. The molecule has 0 bridgehead atoms. The number of hydrogen-bond acceptors (Lipinski definition) is 4. The van der Waals surface area contributed by atoms with Crippen LogP contribution in [0.15, 0.2) is 54.7 Å². The lowest BCUT2D eigenvalue weighted by Crippen LogP contribution is -2.30. The zero-order valence-electron chi connectivity index (χ0n) is 15.7. The van der Waals surface area contributed by atoms with Crippen LogP contribution in [0.1, 0.15) is 22.0 Å². The van der Waals surface area contributed by atoms with Crippen LogP contribution < -0.4 is 0 Å². The van der Waals surface area contributed by atoms with Gasteiger partial charge in [0.1, 0.15) is 11.3 Å². The number of nitrogens with zero attached hydrogens (tertiary/aromatic N) is 3. The number of aryl methyl sites for hydroxylation is 1. The van der Waals surface area contributed by atoms with Crippen molar-refractivity contribution in [3.8, 4) is 0 Å². The third kappa shape index (κ3) is 2.34. The van der Waals surface area contributed by atoms with Gasteiger partial charge >= 0.3 is 0 Å². The van der Waals surface area contributed by atoms with Crippen LogP contribution in [0.3, 0.4) is 0 Å². The fourth-order valence-corrected chi connectivity index (χ4v) is 5.14. The Balaban J connectivity index is 1.43. The van der Waals surface area contributed by atoms with E-state index in [0.29, 0.717) is 12.2 Å². The van der Waals surface area contributed by atoms with Crippen molar-refractivity contribution in [2.24, 2.45) is 18.4 Å². The maximum Gasteiger partial charge on any atom is 0.272 e. The van der Waals surface area contributed by atoms with E-state index < -0.39 is 11.5 Å². The molecule has 1 aliphatic heterocycles. The number of likely N-dealkylation sites (tertiary alicyclic amines) is 1. The predicted octanol–water partition coefficient (Wildman–Crippen LogP) is 1.78. The Bertz CT molecular complexity index is 1050. The molecule has 144 valence electrons. The highest BCUT2D eigenvalue weighted by Gasteiger charge is 2.71. The number of pyridine rings is 1. The minimum atomic E-state index is -0.655. The summed E-state index contributed by atoms with van der Waals surface area (Å²) in [5.74, 6) is -0.143. The first kappa shape index (κ1) is 17.4. The minimum absolute atomic E-state index is 0.00616. The quantitative estimate of drug-likeness (QED) is 0.729. The van der Waals surface area contributed by atoms with E-state index >= 15 is 0 Å². The highest BCUT2D eigenvalue weighted by Crippen LogP contribution is 2.68. The normalized spacial score (nSPS) is 29.0. The highest BCUT2D eigenvalue weighted by atomic mass is 16.3. The van der Waals surface area contributed by atoms with E-state index in [0.717, 1.165) is 16.6 Å². The summed E-state index contributed by atoms with van der Waals surface area (Å²) in [6, 6.07) is 15.6. The molecule has 28 heavy (non-hydrogen) atoms. The molecule has 0 unspecified atom stereocenters. The van der Waals surface area contributed by atoms with Gasteiger partial charge in [-0.25, -0.2) is 4.98 Å². The number of hydrogen-bond donors (Lipinski definition) is 2. The van der Waals surface area contributed by atoms with Crippen molar-refractivity contribution in [3.63, 3.8) is 0 Å². The van der Waals surface area contributed by atoms with Gasteiger partial charge in [0.05, 0.1) is 6.10 Å². The van der Waals surface area contributed by atoms with Gasteiger partial charge in [0, 0.05) is 43.7 Å². The SMILES string of the molecule is Cn1ccc2ccc(C(=O)N3C[C@@H](O)[C@@]4(C3)[C@H](CO)[C@H]4c3ccccc3)nc21. The molecular weight excluding hydrogens is 354 g/mol. The Hall–Kier alpha value is -2.70. The van der Waals surface area contributed by atoms with E-state index in [1.54, 1.807) is 11.0 Å². The Morgan fingerprint density at radius 3 is 2.75 bits per heavy atom. The molecule has 2 aliphatic rings. The van der Waals surface area contributed by atoms with Crippen LogP contribution in [0, 0.1) is 11.3 Å². The second-order valence-corrected chi connectivity index (χ2v) is 8.03. The molecule has 6 heteroatoms. The molecule has 2 aromatic heterocycles. The molecule has 3 aromatic rings. The molecule has 1 saturated heterocycles. The topological polar surface area (TPSA) is 78.6 Å². The minimum Gasteiger partial charge on any atom is -0.396 e. The lowest BCUT2D eigenvalue weighted by atomic mass is 9.95. The first-order valence-corrected chi connectivity index (χ1v) is 9.61. The molecule has 4 atom stereocenters. The van der Waals surface area contributed by atoms with Gasteiger partial charge in [-0.15, -0.1) is 0 Å². The largest absolute Gasteiger partial charge is 0.396 e. The smallest absolute Gasteiger partial charge is 0.272 e. The molecule has 0 radical (unpaired) electrons. The lowest BCUT2D eigenvalue weighted by Gasteiger charge is -2.16. The Morgan fingerprint density at radius 1 is 1.21 bits per heavy atom. The van der Waals surface area contributed by atoms with Crippen molar-refractivity contribution in [2.45, 2.75) is 12.0 Å². The fourth-order valence-electron chi connectivity index (χ4n) is 5.14. The molecule has 3 heterocycles. The van der Waals surface area contributed by atoms with Gasteiger partial charge in [0.25, 0.3) is 5.91 Å². The van der Waals surface area contributed by atoms with E-state index in [9.17, 15) is 15.0 Å². The van der Waals surface area contributed by atoms with E-state index in [2.05, 4.69) is 4.98 Å². The molecule has 1 spiro atoms. The van der Waals surface area contributed by atoms with Crippen LogP contribution >= 0.6 is 0 Å². The molecule has 2 N–H and O–H groups in total. The Kier molecular flexibility index (Phi) is 3.82. The third-order valence-electron chi connectivity index (χ3n) is 6.62. The second-order valence-electron chi connectivity index (χ2n) is 8.03. The van der Waals surface area contributed by atoms with Crippen LogP contribution in [-0.4, -0.2) is 56.4 Å². The highest BCUT2D eigenvalue weighted by molar-refractivity contribution is 5.95. The van der Waals surface area contributed by atoms with Crippen molar-refractivity contribution in [1.29, 1.82) is 0 Å². The molecule has 1 aromatic carbocycles. The average molecular weight is 377 g/mol. The van der Waals surface area contributed by atoms with Crippen molar-refractivity contribution < 1.29 is 15.0 Å². The molecule has 6 nitrogen and oxygen atoms in total. The zero-order chi connectivity index (χ0) is 19.5. The summed E-state index contributed by atoms with van der Waals surface area (Å²) in [5, 5.41) is 21.8. The Morgan fingerprint density at radius 2 is 2.00 bits per heavy atom. The maximum atomic E-state index is 13.1. The van der Waals surface area contributed by atoms with Crippen LogP contribution in [0.5, 0.6) is 0 Å². The molecular formula is C22H23N3O3. The number of carbonyl (C=O) groups is 1. The van der Waals surface area contributed by atoms with Crippen LogP contribution in [0.4, 0.5) is 0 Å². The predicted molar refractivity (Wildman–Crippen MR) is 105 cm³/mol. The van der Waals surface area contributed by atoms with Crippen LogP contribution in [0.25, 0.3) is 11.0 Å². The molecule has 1 aliphatic carbocycles. The zero-order valence-corrected chi connectivity index (χ0v) is 15.7. The summed E-state index contributed by atoms with van der Waals surface area (Å²) in [6.45, 7) is 0.711. The molecule has 2 fully saturated rings. The molecule has 1 amide bonds. The van der Waals surface area contributed by atoms with Gasteiger partial charge in [0.15, 0.2) is 0 Å². The average Bonchev–Trinajstić information content (AvgIpc) is 3.04. The summed E-state index contributed by atoms with van der Waals surface area (Å²) < 4.78 is 1.89. The summed E-state index contributed by atoms with van der Waals surface area (Å²) in [4.78, 5) is 19.3. The number of benzene rings is 1. The van der Waals surface area contributed by atoms with E-state index in [1.807, 2.05) is 60.3 Å². The number of aromatic nitrogens is 2. The van der Waals surface area contributed by atoms with Crippen molar-refractivity contribution in [1.82, 2.24) is 14.5 Å². The van der Waals surface area contributed by atoms with Crippen molar-refractivity contribution >= 4 is 16.9 Å². The summed E-state index contributed by atoms with van der Waals surface area (Å²) in [7, 11) is 1.90.